The third kappa shape index (κ3) is 3.41. The maximum Gasteiger partial charge on any atom is 0.231 e. The van der Waals surface area contributed by atoms with Crippen LogP contribution in [0.3, 0.4) is 0 Å². The van der Waals surface area contributed by atoms with E-state index < -0.39 is 5.92 Å². The average molecular weight is 392 g/mol. The summed E-state index contributed by atoms with van der Waals surface area (Å²) in [6.45, 7) is 0.294. The van der Waals surface area contributed by atoms with Crippen molar-refractivity contribution in [1.29, 1.82) is 0 Å². The zero-order chi connectivity index (χ0) is 18.3. The normalized spacial score (nSPS) is 19.7. The molecule has 1 aliphatic carbocycles. The number of thiazole rings is 1. The quantitative estimate of drug-likeness (QED) is 0.844. The zero-order valence-corrected chi connectivity index (χ0v) is 15.8. The number of aromatic nitrogens is 1. The number of anilines is 2. The minimum atomic E-state index is -0.431. The van der Waals surface area contributed by atoms with Gasteiger partial charge >= 0.3 is 0 Å². The van der Waals surface area contributed by atoms with Gasteiger partial charge in [0.2, 0.25) is 11.8 Å². The molecule has 1 aliphatic heterocycles. The van der Waals surface area contributed by atoms with Gasteiger partial charge in [0.05, 0.1) is 24.4 Å². The van der Waals surface area contributed by atoms with Crippen LogP contribution in [0.25, 0.3) is 0 Å². The van der Waals surface area contributed by atoms with Crippen LogP contribution in [0.2, 0.25) is 5.02 Å². The van der Waals surface area contributed by atoms with Gasteiger partial charge in [-0.25, -0.2) is 4.98 Å². The van der Waals surface area contributed by atoms with Crippen LogP contribution >= 0.6 is 22.9 Å². The Morgan fingerprint density at radius 1 is 1.42 bits per heavy atom. The highest BCUT2D eigenvalue weighted by atomic mass is 35.5. The van der Waals surface area contributed by atoms with E-state index in [1.54, 1.807) is 23.1 Å². The predicted molar refractivity (Wildman–Crippen MR) is 101 cm³/mol. The molecule has 1 aromatic heterocycles. The van der Waals surface area contributed by atoms with E-state index in [0.717, 1.165) is 5.69 Å². The van der Waals surface area contributed by atoms with Gasteiger partial charge in [0, 0.05) is 29.3 Å². The summed E-state index contributed by atoms with van der Waals surface area (Å²) in [6.07, 6.45) is 2.50. The van der Waals surface area contributed by atoms with Crippen LogP contribution < -0.4 is 15.0 Å². The van der Waals surface area contributed by atoms with Gasteiger partial charge in [0.1, 0.15) is 5.75 Å². The number of nitrogens with zero attached hydrogens (tertiary/aromatic N) is 2. The van der Waals surface area contributed by atoms with E-state index >= 15 is 0 Å². The molecule has 0 unspecified atom stereocenters. The summed E-state index contributed by atoms with van der Waals surface area (Å²) in [5.74, 6) is 0.370. The number of carbonyl (C=O) groups excluding carboxylic acids is 2. The standard InChI is InChI=1S/C18H18ClN3O3S/c1-25-15-5-4-12(19)7-14(15)22-8-11(6-16(22)23)17(24)21-18-20-13(9-26-18)10-2-3-10/h4-5,7,9-11H,2-3,6,8H2,1H3,(H,20,21,24)/t11-/m0/s1. The molecule has 1 saturated carbocycles. The first-order valence-electron chi connectivity index (χ1n) is 8.45. The zero-order valence-electron chi connectivity index (χ0n) is 14.2. The summed E-state index contributed by atoms with van der Waals surface area (Å²) in [5.41, 5.74) is 1.64. The summed E-state index contributed by atoms with van der Waals surface area (Å²) in [7, 11) is 1.54. The fourth-order valence-electron chi connectivity index (χ4n) is 3.11. The van der Waals surface area contributed by atoms with E-state index in [-0.39, 0.29) is 18.2 Å². The van der Waals surface area contributed by atoms with E-state index in [2.05, 4.69) is 10.3 Å². The molecule has 0 spiro atoms. The molecule has 2 fully saturated rings. The molecule has 2 heterocycles. The van der Waals surface area contributed by atoms with Crippen molar-refractivity contribution in [2.24, 2.45) is 5.92 Å². The molecule has 0 radical (unpaired) electrons. The number of nitrogens with one attached hydrogen (secondary N) is 1. The Morgan fingerprint density at radius 2 is 2.23 bits per heavy atom. The summed E-state index contributed by atoms with van der Waals surface area (Å²) < 4.78 is 5.32. The lowest BCUT2D eigenvalue weighted by Crippen LogP contribution is -2.28. The molecule has 2 aliphatic rings. The molecule has 2 amide bonds. The number of methoxy groups -OCH3 is 1. The van der Waals surface area contributed by atoms with Crippen molar-refractivity contribution in [3.63, 3.8) is 0 Å². The summed E-state index contributed by atoms with van der Waals surface area (Å²) >= 11 is 7.49. The summed E-state index contributed by atoms with van der Waals surface area (Å²) in [5, 5.41) is 5.96. The second-order valence-corrected chi connectivity index (χ2v) is 7.86. The molecular weight excluding hydrogens is 374 g/mol. The van der Waals surface area contributed by atoms with Gasteiger partial charge in [-0.2, -0.15) is 0 Å². The van der Waals surface area contributed by atoms with Crippen LogP contribution in [-0.2, 0) is 9.59 Å². The van der Waals surface area contributed by atoms with E-state index in [1.807, 2.05) is 5.38 Å². The Hall–Kier alpha value is -2.12. The Balaban J connectivity index is 1.46. The van der Waals surface area contributed by atoms with Gasteiger partial charge in [0.25, 0.3) is 0 Å². The number of carbonyl (C=O) groups is 2. The Kier molecular flexibility index (Phi) is 4.58. The second-order valence-electron chi connectivity index (χ2n) is 6.56. The van der Waals surface area contributed by atoms with Gasteiger partial charge in [0.15, 0.2) is 5.13 Å². The number of halogens is 1. The number of benzene rings is 1. The minimum absolute atomic E-state index is 0.122. The van der Waals surface area contributed by atoms with Crippen LogP contribution in [0.5, 0.6) is 5.75 Å². The molecule has 2 aromatic rings. The van der Waals surface area contributed by atoms with Crippen molar-refractivity contribution in [3.05, 3.63) is 34.3 Å². The van der Waals surface area contributed by atoms with Crippen molar-refractivity contribution in [1.82, 2.24) is 4.98 Å². The molecule has 136 valence electrons. The first kappa shape index (κ1) is 17.3. The number of rotatable bonds is 5. The van der Waals surface area contributed by atoms with Crippen molar-refractivity contribution in [3.8, 4) is 5.75 Å². The Labute approximate surface area is 160 Å². The van der Waals surface area contributed by atoms with Crippen molar-refractivity contribution < 1.29 is 14.3 Å². The topological polar surface area (TPSA) is 71.5 Å². The molecule has 1 N–H and O–H groups in total. The van der Waals surface area contributed by atoms with Gasteiger partial charge in [-0.05, 0) is 31.0 Å². The van der Waals surface area contributed by atoms with Gasteiger partial charge in [-0.1, -0.05) is 11.6 Å². The van der Waals surface area contributed by atoms with E-state index in [0.29, 0.717) is 34.1 Å². The number of hydrogen-bond donors (Lipinski definition) is 1. The summed E-state index contributed by atoms with van der Waals surface area (Å²) in [6, 6.07) is 5.10. The highest BCUT2D eigenvalue weighted by Crippen LogP contribution is 2.41. The van der Waals surface area contributed by atoms with E-state index in [9.17, 15) is 9.59 Å². The molecule has 6 nitrogen and oxygen atoms in total. The molecule has 0 bridgehead atoms. The first-order chi connectivity index (χ1) is 12.5. The fraction of sp³-hybridized carbons (Fsp3) is 0.389. The highest BCUT2D eigenvalue weighted by Gasteiger charge is 2.37. The van der Waals surface area contributed by atoms with Gasteiger partial charge in [-0.3, -0.25) is 9.59 Å². The van der Waals surface area contributed by atoms with Crippen molar-refractivity contribution >= 4 is 45.6 Å². The van der Waals surface area contributed by atoms with E-state index in [4.69, 9.17) is 16.3 Å². The van der Waals surface area contributed by atoms with Crippen molar-refractivity contribution in [2.75, 3.05) is 23.9 Å². The monoisotopic (exact) mass is 391 g/mol. The summed E-state index contributed by atoms with van der Waals surface area (Å²) in [4.78, 5) is 31.1. The van der Waals surface area contributed by atoms with Crippen LogP contribution in [0.1, 0.15) is 30.9 Å². The maximum absolute atomic E-state index is 12.6. The van der Waals surface area contributed by atoms with Crippen LogP contribution in [0, 0.1) is 5.92 Å². The minimum Gasteiger partial charge on any atom is -0.495 e. The van der Waals surface area contributed by atoms with Crippen LogP contribution in [-0.4, -0.2) is 30.5 Å². The molecule has 4 rings (SSSR count). The molecule has 8 heteroatoms. The molecule has 26 heavy (non-hydrogen) atoms. The van der Waals surface area contributed by atoms with E-state index in [1.165, 1.54) is 31.3 Å². The number of amides is 2. The average Bonchev–Trinajstić information content (AvgIpc) is 3.25. The molecular formula is C18H18ClN3O3S. The second kappa shape index (κ2) is 6.89. The van der Waals surface area contributed by atoms with Crippen molar-refractivity contribution in [2.45, 2.75) is 25.2 Å². The molecule has 1 atom stereocenters. The lowest BCUT2D eigenvalue weighted by molar-refractivity contribution is -0.122. The smallest absolute Gasteiger partial charge is 0.231 e. The third-order valence-electron chi connectivity index (χ3n) is 4.68. The SMILES string of the molecule is COc1ccc(Cl)cc1N1C[C@@H](C(=O)Nc2nc(C3CC3)cs2)CC1=O. The lowest BCUT2D eigenvalue weighted by atomic mass is 10.1. The molecule has 1 aromatic carbocycles. The van der Waals surface area contributed by atoms with Crippen LogP contribution in [0.15, 0.2) is 23.6 Å². The Morgan fingerprint density at radius 3 is 2.96 bits per heavy atom. The molecule has 1 saturated heterocycles. The number of ether oxygens (including phenoxy) is 1. The predicted octanol–water partition coefficient (Wildman–Crippen LogP) is 3.67. The van der Waals surface area contributed by atoms with Gasteiger partial charge in [-0.15, -0.1) is 11.3 Å². The maximum atomic E-state index is 12.6. The van der Waals surface area contributed by atoms with Gasteiger partial charge < -0.3 is 15.0 Å². The fourth-order valence-corrected chi connectivity index (χ4v) is 4.07. The van der Waals surface area contributed by atoms with Crippen LogP contribution in [0.4, 0.5) is 10.8 Å². The first-order valence-corrected chi connectivity index (χ1v) is 9.71. The highest BCUT2D eigenvalue weighted by molar-refractivity contribution is 7.13. The number of hydrogen-bond acceptors (Lipinski definition) is 5. The largest absolute Gasteiger partial charge is 0.495 e. The Bertz CT molecular complexity index is 865. The lowest BCUT2D eigenvalue weighted by Gasteiger charge is -2.19. The third-order valence-corrected chi connectivity index (χ3v) is 5.69.